The zero-order valence-corrected chi connectivity index (χ0v) is 14.4. The molecule has 0 radical (unpaired) electrons. The van der Waals surface area contributed by atoms with Crippen LogP contribution >= 0.6 is 0 Å². The summed E-state index contributed by atoms with van der Waals surface area (Å²) in [5.74, 6) is 0.539. The first kappa shape index (κ1) is 16.1. The summed E-state index contributed by atoms with van der Waals surface area (Å²) in [5, 5.41) is 12.5. The van der Waals surface area contributed by atoms with Gasteiger partial charge in [-0.05, 0) is 49.6 Å². The van der Waals surface area contributed by atoms with E-state index in [1.54, 1.807) is 0 Å². The first-order chi connectivity index (χ1) is 11.5. The second-order valence-electron chi connectivity index (χ2n) is 6.16. The number of carbonyl (C=O) groups excluding carboxylic acids is 1. The maximum atomic E-state index is 12.7. The Morgan fingerprint density at radius 3 is 2.33 bits per heavy atom. The summed E-state index contributed by atoms with van der Waals surface area (Å²) in [7, 11) is 0. The lowest BCUT2D eigenvalue weighted by Crippen LogP contribution is -2.15. The molecule has 2 aromatic carbocycles. The fourth-order valence-corrected chi connectivity index (χ4v) is 3.07. The molecule has 5 heteroatoms. The minimum Gasteiger partial charge on any atom is -0.292 e. The van der Waals surface area contributed by atoms with Crippen LogP contribution in [0.2, 0.25) is 0 Å². The van der Waals surface area contributed by atoms with Gasteiger partial charge in [-0.2, -0.15) is 4.80 Å². The zero-order valence-electron chi connectivity index (χ0n) is 14.4. The van der Waals surface area contributed by atoms with Crippen LogP contribution in [0.5, 0.6) is 0 Å². The van der Waals surface area contributed by atoms with Crippen LogP contribution in [0, 0.1) is 27.7 Å². The molecule has 0 amide bonds. The molecule has 0 N–H and O–H groups in total. The molecule has 0 aliphatic rings. The van der Waals surface area contributed by atoms with Gasteiger partial charge in [-0.25, -0.2) is 0 Å². The highest BCUT2D eigenvalue weighted by atomic mass is 16.1. The van der Waals surface area contributed by atoms with Gasteiger partial charge >= 0.3 is 0 Å². The highest BCUT2D eigenvalue weighted by Crippen LogP contribution is 2.19. The van der Waals surface area contributed by atoms with E-state index in [9.17, 15) is 4.79 Å². The Morgan fingerprint density at radius 2 is 1.67 bits per heavy atom. The summed E-state index contributed by atoms with van der Waals surface area (Å²) in [6.45, 7) is 8.03. The standard InChI is InChI=1S/C19H20N4O/c1-12-9-14(3)18(15(4)10-12)17(24)11-23-21-19(20-22-23)16-8-6-5-7-13(16)2/h5-10H,11H2,1-4H3. The summed E-state index contributed by atoms with van der Waals surface area (Å²) < 4.78 is 0. The third-order valence-corrected chi connectivity index (χ3v) is 4.08. The van der Waals surface area contributed by atoms with Crippen LogP contribution in [0.4, 0.5) is 0 Å². The fourth-order valence-electron chi connectivity index (χ4n) is 3.07. The lowest BCUT2D eigenvalue weighted by atomic mass is 9.97. The summed E-state index contributed by atoms with van der Waals surface area (Å²) in [4.78, 5) is 14.0. The summed E-state index contributed by atoms with van der Waals surface area (Å²) >= 11 is 0. The van der Waals surface area contributed by atoms with Gasteiger partial charge in [0.25, 0.3) is 0 Å². The van der Waals surface area contributed by atoms with E-state index >= 15 is 0 Å². The van der Waals surface area contributed by atoms with Crippen molar-refractivity contribution in [2.75, 3.05) is 0 Å². The molecule has 0 saturated carbocycles. The van der Waals surface area contributed by atoms with Gasteiger partial charge in [-0.15, -0.1) is 10.2 Å². The predicted octanol–water partition coefficient (Wildman–Crippen LogP) is 3.46. The van der Waals surface area contributed by atoms with Gasteiger partial charge in [0, 0.05) is 11.1 Å². The molecule has 0 atom stereocenters. The maximum absolute atomic E-state index is 12.7. The molecule has 0 fully saturated rings. The molecule has 3 aromatic rings. The van der Waals surface area contributed by atoms with Gasteiger partial charge in [0.15, 0.2) is 5.78 Å². The van der Waals surface area contributed by atoms with Crippen molar-refractivity contribution >= 4 is 5.78 Å². The third kappa shape index (κ3) is 3.11. The minimum absolute atomic E-state index is 0.00117. The molecule has 122 valence electrons. The quantitative estimate of drug-likeness (QED) is 0.691. The van der Waals surface area contributed by atoms with Crippen molar-refractivity contribution in [3.63, 3.8) is 0 Å². The predicted molar refractivity (Wildman–Crippen MR) is 93.0 cm³/mol. The molecular weight excluding hydrogens is 300 g/mol. The maximum Gasteiger partial charge on any atom is 0.205 e. The van der Waals surface area contributed by atoms with Crippen molar-refractivity contribution in [2.45, 2.75) is 34.2 Å². The van der Waals surface area contributed by atoms with E-state index in [-0.39, 0.29) is 12.3 Å². The molecule has 0 aliphatic heterocycles. The highest BCUT2D eigenvalue weighted by molar-refractivity contribution is 5.98. The lowest BCUT2D eigenvalue weighted by molar-refractivity contribution is 0.0960. The molecule has 1 heterocycles. The number of rotatable bonds is 4. The Morgan fingerprint density at radius 1 is 1.00 bits per heavy atom. The first-order valence-corrected chi connectivity index (χ1v) is 7.90. The second-order valence-corrected chi connectivity index (χ2v) is 6.16. The molecule has 3 rings (SSSR count). The van der Waals surface area contributed by atoms with Gasteiger partial charge in [0.2, 0.25) is 5.82 Å². The minimum atomic E-state index is -0.00117. The number of carbonyl (C=O) groups is 1. The van der Waals surface area contributed by atoms with E-state index in [0.29, 0.717) is 5.82 Å². The Bertz CT molecular complexity index is 888. The lowest BCUT2D eigenvalue weighted by Gasteiger charge is -2.09. The number of Topliss-reactive ketones (excluding diaryl/α,β-unsaturated/α-hetero) is 1. The first-order valence-electron chi connectivity index (χ1n) is 7.90. The summed E-state index contributed by atoms with van der Waals surface area (Å²) in [5.41, 5.74) is 5.87. The Balaban J connectivity index is 1.86. The number of aryl methyl sites for hydroxylation is 4. The molecule has 5 nitrogen and oxygen atoms in total. The molecular formula is C19H20N4O. The largest absolute Gasteiger partial charge is 0.292 e. The van der Waals surface area contributed by atoms with Crippen LogP contribution in [-0.2, 0) is 6.54 Å². The Hall–Kier alpha value is -2.82. The zero-order chi connectivity index (χ0) is 17.3. The second kappa shape index (κ2) is 6.35. The van der Waals surface area contributed by atoms with Gasteiger partial charge in [-0.1, -0.05) is 42.0 Å². The number of tetrazole rings is 1. The van der Waals surface area contributed by atoms with E-state index in [4.69, 9.17) is 0 Å². The van der Waals surface area contributed by atoms with Gasteiger partial charge < -0.3 is 0 Å². The van der Waals surface area contributed by atoms with Crippen LogP contribution in [0.1, 0.15) is 32.6 Å². The van der Waals surface area contributed by atoms with Crippen molar-refractivity contribution in [1.29, 1.82) is 0 Å². The van der Waals surface area contributed by atoms with E-state index in [1.165, 1.54) is 4.80 Å². The van der Waals surface area contributed by atoms with Crippen molar-refractivity contribution < 1.29 is 4.79 Å². The highest BCUT2D eigenvalue weighted by Gasteiger charge is 2.16. The number of hydrogen-bond donors (Lipinski definition) is 0. The number of aromatic nitrogens is 4. The van der Waals surface area contributed by atoms with Crippen LogP contribution in [0.3, 0.4) is 0 Å². The molecule has 0 bridgehead atoms. The van der Waals surface area contributed by atoms with Crippen molar-refractivity contribution in [2.24, 2.45) is 0 Å². The molecule has 0 saturated heterocycles. The van der Waals surface area contributed by atoms with Gasteiger partial charge in [0.1, 0.15) is 6.54 Å². The summed E-state index contributed by atoms with van der Waals surface area (Å²) in [6, 6.07) is 11.9. The normalized spacial score (nSPS) is 10.8. The average Bonchev–Trinajstić information content (AvgIpc) is 2.94. The smallest absolute Gasteiger partial charge is 0.205 e. The van der Waals surface area contributed by atoms with E-state index in [0.717, 1.165) is 33.4 Å². The van der Waals surface area contributed by atoms with Crippen LogP contribution in [-0.4, -0.2) is 26.0 Å². The molecule has 0 aliphatic carbocycles. The number of ketones is 1. The number of hydrogen-bond acceptors (Lipinski definition) is 4. The Labute approximate surface area is 141 Å². The SMILES string of the molecule is Cc1cc(C)c(C(=O)Cn2nnc(-c3ccccc3C)n2)c(C)c1. The van der Waals surface area contributed by atoms with Crippen molar-refractivity contribution in [3.05, 3.63) is 64.2 Å². The van der Waals surface area contributed by atoms with E-state index in [1.807, 2.05) is 64.1 Å². The van der Waals surface area contributed by atoms with Crippen LogP contribution in [0.15, 0.2) is 36.4 Å². The molecule has 0 unspecified atom stereocenters. The van der Waals surface area contributed by atoms with Gasteiger partial charge in [-0.3, -0.25) is 4.79 Å². The number of benzene rings is 2. The topological polar surface area (TPSA) is 60.7 Å². The van der Waals surface area contributed by atoms with Crippen LogP contribution in [0.25, 0.3) is 11.4 Å². The van der Waals surface area contributed by atoms with Crippen molar-refractivity contribution in [3.8, 4) is 11.4 Å². The molecule has 24 heavy (non-hydrogen) atoms. The average molecular weight is 320 g/mol. The summed E-state index contributed by atoms with van der Waals surface area (Å²) in [6.07, 6.45) is 0. The third-order valence-electron chi connectivity index (χ3n) is 4.08. The molecule has 0 spiro atoms. The fraction of sp³-hybridized carbons (Fsp3) is 0.263. The van der Waals surface area contributed by atoms with Crippen molar-refractivity contribution in [1.82, 2.24) is 20.2 Å². The van der Waals surface area contributed by atoms with E-state index < -0.39 is 0 Å². The number of nitrogens with zero attached hydrogens (tertiary/aromatic N) is 4. The van der Waals surface area contributed by atoms with E-state index in [2.05, 4.69) is 15.4 Å². The van der Waals surface area contributed by atoms with Gasteiger partial charge in [0.05, 0.1) is 0 Å². The Kier molecular flexibility index (Phi) is 4.25. The molecule has 1 aromatic heterocycles. The van der Waals surface area contributed by atoms with Crippen LogP contribution < -0.4 is 0 Å². The monoisotopic (exact) mass is 320 g/mol.